The standard InChI is InChI=1S/C72H128NO8P/c1-3-5-7-9-11-13-15-17-19-21-23-25-27-29-31-33-34-35-36-37-39-41-43-45-47-49-51-53-55-57-59-61-63-65-72(75)81-70(69-80-82(76,77)79-67-66-73)68-78-71(74)64-62-60-58-56-54-52-50-48-46-44-42-40-38-32-30-28-26-24-22-20-18-16-14-12-10-8-6-4-2/h5,7,11,13,17,19,23,25,29,31,34-35,37,39,43,45,70H,3-4,6,8-10,12,14-16,18,20-22,24,26-28,30,32-33,36,38,40-42,44,46-69,73H2,1-2H3,(H,76,77)/b7-5-,13-11-,19-17-,25-23-,31-29-,35-34-,39-37-,45-43-. The maximum absolute atomic E-state index is 12.8. The molecule has 0 saturated carbocycles. The molecule has 82 heavy (non-hydrogen) atoms. The molecule has 0 fully saturated rings. The Morgan fingerprint density at radius 3 is 1.00 bits per heavy atom. The van der Waals surface area contributed by atoms with Crippen molar-refractivity contribution in [1.29, 1.82) is 0 Å². The first-order chi connectivity index (χ1) is 40.3. The lowest BCUT2D eigenvalue weighted by Gasteiger charge is -2.19. The maximum atomic E-state index is 12.8. The highest BCUT2D eigenvalue weighted by molar-refractivity contribution is 7.47. The molecule has 0 bridgehead atoms. The van der Waals surface area contributed by atoms with E-state index >= 15 is 0 Å². The monoisotopic (exact) mass is 1170 g/mol. The zero-order valence-electron chi connectivity index (χ0n) is 53.2. The van der Waals surface area contributed by atoms with Crippen LogP contribution in [0.4, 0.5) is 0 Å². The van der Waals surface area contributed by atoms with Gasteiger partial charge in [0.05, 0.1) is 13.2 Å². The number of rotatable bonds is 64. The van der Waals surface area contributed by atoms with Crippen molar-refractivity contribution in [2.45, 2.75) is 322 Å². The minimum absolute atomic E-state index is 0.0491. The van der Waals surface area contributed by atoms with Crippen molar-refractivity contribution in [3.8, 4) is 0 Å². The molecule has 3 N–H and O–H groups in total. The molecular weight excluding hydrogens is 1040 g/mol. The fraction of sp³-hybridized carbons (Fsp3) is 0.750. The van der Waals surface area contributed by atoms with Crippen molar-refractivity contribution in [3.63, 3.8) is 0 Å². The predicted molar refractivity (Wildman–Crippen MR) is 353 cm³/mol. The van der Waals surface area contributed by atoms with Crippen LogP contribution < -0.4 is 5.73 Å². The Bertz CT molecular complexity index is 1660. The van der Waals surface area contributed by atoms with Crippen molar-refractivity contribution < 1.29 is 37.6 Å². The van der Waals surface area contributed by atoms with Crippen molar-refractivity contribution in [3.05, 3.63) is 97.2 Å². The highest BCUT2D eigenvalue weighted by atomic mass is 31.2. The lowest BCUT2D eigenvalue weighted by atomic mass is 10.0. The molecule has 0 aromatic rings. The Morgan fingerprint density at radius 2 is 0.671 bits per heavy atom. The van der Waals surface area contributed by atoms with Crippen LogP contribution in [0.25, 0.3) is 0 Å². The molecular formula is C72H128NO8P. The highest BCUT2D eigenvalue weighted by Crippen LogP contribution is 2.43. The number of allylic oxidation sites excluding steroid dienone is 16. The molecule has 2 atom stereocenters. The molecule has 0 aliphatic heterocycles. The van der Waals surface area contributed by atoms with Crippen LogP contribution in [0.15, 0.2) is 97.2 Å². The van der Waals surface area contributed by atoms with Gasteiger partial charge in [-0.2, -0.15) is 0 Å². The molecule has 0 aliphatic carbocycles. The number of esters is 2. The van der Waals surface area contributed by atoms with E-state index in [1.165, 1.54) is 186 Å². The van der Waals surface area contributed by atoms with Gasteiger partial charge in [0, 0.05) is 19.4 Å². The third kappa shape index (κ3) is 66.1. The highest BCUT2D eigenvalue weighted by Gasteiger charge is 2.26. The van der Waals surface area contributed by atoms with Gasteiger partial charge in [0.25, 0.3) is 0 Å². The molecule has 10 heteroatoms. The average molecular weight is 1170 g/mol. The molecule has 0 radical (unpaired) electrons. The Balaban J connectivity index is 3.93. The fourth-order valence-electron chi connectivity index (χ4n) is 9.71. The average Bonchev–Trinajstić information content (AvgIpc) is 3.47. The van der Waals surface area contributed by atoms with Crippen LogP contribution in [-0.4, -0.2) is 49.3 Å². The van der Waals surface area contributed by atoms with Crippen molar-refractivity contribution in [2.24, 2.45) is 5.73 Å². The zero-order valence-corrected chi connectivity index (χ0v) is 54.1. The van der Waals surface area contributed by atoms with Gasteiger partial charge in [0.1, 0.15) is 6.61 Å². The summed E-state index contributed by atoms with van der Waals surface area (Å²) in [6.45, 7) is 3.66. The molecule has 0 aliphatic rings. The topological polar surface area (TPSA) is 134 Å². The van der Waals surface area contributed by atoms with Gasteiger partial charge in [-0.15, -0.1) is 0 Å². The summed E-state index contributed by atoms with van der Waals surface area (Å²) in [6, 6.07) is 0. The fourth-order valence-corrected chi connectivity index (χ4v) is 10.5. The van der Waals surface area contributed by atoms with Crippen LogP contribution in [0.2, 0.25) is 0 Å². The van der Waals surface area contributed by atoms with E-state index in [0.717, 1.165) is 96.3 Å². The van der Waals surface area contributed by atoms with Gasteiger partial charge in [-0.05, 0) is 77.0 Å². The number of nitrogens with two attached hydrogens (primary N) is 1. The second-order valence-corrected chi connectivity index (χ2v) is 24.1. The van der Waals surface area contributed by atoms with E-state index in [2.05, 4.69) is 111 Å². The molecule has 0 heterocycles. The summed E-state index contributed by atoms with van der Waals surface area (Å²) < 4.78 is 33.2. The maximum Gasteiger partial charge on any atom is 0.472 e. The van der Waals surface area contributed by atoms with E-state index in [1.54, 1.807) is 0 Å². The van der Waals surface area contributed by atoms with Gasteiger partial charge in [-0.1, -0.05) is 323 Å². The number of hydrogen-bond acceptors (Lipinski definition) is 8. The van der Waals surface area contributed by atoms with Crippen LogP contribution in [-0.2, 0) is 32.7 Å². The third-order valence-electron chi connectivity index (χ3n) is 14.7. The molecule has 9 nitrogen and oxygen atoms in total. The first-order valence-corrected chi connectivity index (χ1v) is 35.7. The number of carbonyl (C=O) groups excluding carboxylic acids is 2. The molecule has 0 saturated heterocycles. The number of hydrogen-bond donors (Lipinski definition) is 2. The van der Waals surface area contributed by atoms with Crippen LogP contribution in [0.5, 0.6) is 0 Å². The SMILES string of the molecule is CC/C=C\C/C=C\C/C=C\C/C=C\C/C=C\C/C=C\C/C=C\C/C=C\CCCCCCCCCCC(=O)OC(COC(=O)CCCCCCCCCCCCCCCCCCCCCCCCCCCCCC)COP(=O)(O)OCCN. The molecule has 0 aromatic carbocycles. The van der Waals surface area contributed by atoms with Crippen LogP contribution in [0.3, 0.4) is 0 Å². The smallest absolute Gasteiger partial charge is 0.462 e. The normalized spacial score (nSPS) is 13.6. The number of phosphoric acid groups is 1. The second-order valence-electron chi connectivity index (χ2n) is 22.7. The number of ether oxygens (including phenoxy) is 2. The van der Waals surface area contributed by atoms with Gasteiger partial charge < -0.3 is 20.1 Å². The summed E-state index contributed by atoms with van der Waals surface area (Å²) >= 11 is 0. The Morgan fingerprint density at radius 1 is 0.378 bits per heavy atom. The van der Waals surface area contributed by atoms with E-state index in [-0.39, 0.29) is 38.6 Å². The molecule has 474 valence electrons. The first kappa shape index (κ1) is 78.9. The van der Waals surface area contributed by atoms with Crippen molar-refractivity contribution >= 4 is 19.8 Å². The third-order valence-corrected chi connectivity index (χ3v) is 15.7. The summed E-state index contributed by atoms with van der Waals surface area (Å²) in [7, 11) is -4.40. The van der Waals surface area contributed by atoms with Crippen molar-refractivity contribution in [2.75, 3.05) is 26.4 Å². The quantitative estimate of drug-likeness (QED) is 0.0264. The van der Waals surface area contributed by atoms with E-state index in [0.29, 0.717) is 6.42 Å². The second kappa shape index (κ2) is 67.1. The van der Waals surface area contributed by atoms with Gasteiger partial charge >= 0.3 is 19.8 Å². The van der Waals surface area contributed by atoms with Crippen molar-refractivity contribution in [1.82, 2.24) is 0 Å². The van der Waals surface area contributed by atoms with E-state index in [9.17, 15) is 19.0 Å². The lowest BCUT2D eigenvalue weighted by molar-refractivity contribution is -0.161. The summed E-state index contributed by atoms with van der Waals surface area (Å²) in [4.78, 5) is 35.3. The van der Waals surface area contributed by atoms with E-state index in [4.69, 9.17) is 24.3 Å². The van der Waals surface area contributed by atoms with Crippen LogP contribution in [0, 0.1) is 0 Å². The molecule has 0 rings (SSSR count). The Kier molecular flexibility index (Phi) is 64.6. The van der Waals surface area contributed by atoms with Gasteiger partial charge in [-0.25, -0.2) is 4.57 Å². The number of phosphoric ester groups is 1. The zero-order chi connectivity index (χ0) is 59.4. The summed E-state index contributed by atoms with van der Waals surface area (Å²) in [6.07, 6.45) is 90.6. The minimum Gasteiger partial charge on any atom is -0.462 e. The minimum atomic E-state index is -4.40. The largest absolute Gasteiger partial charge is 0.472 e. The number of carbonyl (C=O) groups is 2. The predicted octanol–water partition coefficient (Wildman–Crippen LogP) is 22.4. The first-order valence-electron chi connectivity index (χ1n) is 34.2. The van der Waals surface area contributed by atoms with Gasteiger partial charge in [0.2, 0.25) is 0 Å². The summed E-state index contributed by atoms with van der Waals surface area (Å²) in [5.74, 6) is -0.829. The van der Waals surface area contributed by atoms with E-state index < -0.39 is 26.5 Å². The van der Waals surface area contributed by atoms with Crippen LogP contribution >= 0.6 is 7.82 Å². The lowest BCUT2D eigenvalue weighted by Crippen LogP contribution is -2.29. The van der Waals surface area contributed by atoms with Gasteiger partial charge in [0.15, 0.2) is 6.10 Å². The molecule has 0 aromatic heterocycles. The number of unbranched alkanes of at least 4 members (excludes halogenated alkanes) is 35. The summed E-state index contributed by atoms with van der Waals surface area (Å²) in [5, 5.41) is 0. The molecule has 0 amide bonds. The van der Waals surface area contributed by atoms with E-state index in [1.807, 2.05) is 0 Å². The summed E-state index contributed by atoms with van der Waals surface area (Å²) in [5.41, 5.74) is 5.40. The Hall–Kier alpha value is -3.07. The van der Waals surface area contributed by atoms with Crippen LogP contribution in [0.1, 0.15) is 316 Å². The van der Waals surface area contributed by atoms with Gasteiger partial charge in [-0.3, -0.25) is 18.6 Å². The molecule has 0 spiro atoms. The Labute approximate surface area is 506 Å². The molecule has 2 unspecified atom stereocenters.